The van der Waals surface area contributed by atoms with E-state index < -0.39 is 5.60 Å². The van der Waals surface area contributed by atoms with Crippen LogP contribution in [0.3, 0.4) is 0 Å². The molecular weight excluding hydrogens is 473 g/mol. The van der Waals surface area contributed by atoms with Crippen molar-refractivity contribution in [2.24, 2.45) is 0 Å². The summed E-state index contributed by atoms with van der Waals surface area (Å²) in [4.78, 5) is 6.61. The van der Waals surface area contributed by atoms with E-state index in [1.807, 2.05) is 25.3 Å². The fraction of sp³-hybridized carbons (Fsp3) is 0.423. The Bertz CT molecular complexity index is 1070. The number of imidazole rings is 1. The highest BCUT2D eigenvalue weighted by Gasteiger charge is 2.31. The Kier molecular flexibility index (Phi) is 8.37. The molecule has 34 heavy (non-hydrogen) atoms. The maximum Gasteiger partial charge on any atom is 0.121 e. The quantitative estimate of drug-likeness (QED) is 0.425. The van der Waals surface area contributed by atoms with Gasteiger partial charge in [0.25, 0.3) is 0 Å². The minimum absolute atomic E-state index is 0.240. The zero-order valence-corrected chi connectivity index (χ0v) is 20.9. The Balaban J connectivity index is 1.23. The maximum absolute atomic E-state index is 11.1. The Morgan fingerprint density at radius 1 is 1.00 bits per heavy atom. The predicted octanol–water partition coefficient (Wildman–Crippen LogP) is 5.37. The number of halogens is 2. The first-order valence-corrected chi connectivity index (χ1v) is 12.4. The van der Waals surface area contributed by atoms with E-state index in [9.17, 15) is 5.11 Å². The van der Waals surface area contributed by atoms with Gasteiger partial charge in [0.2, 0.25) is 0 Å². The SMILES string of the molecule is Cc1nccn1CCOc1ccc(CN2CCC[C@](O)(COc3ccc(Cl)c(Cl)c3)CC2)cc1. The van der Waals surface area contributed by atoms with E-state index in [2.05, 4.69) is 26.6 Å². The van der Waals surface area contributed by atoms with Gasteiger partial charge in [0.15, 0.2) is 0 Å². The highest BCUT2D eigenvalue weighted by molar-refractivity contribution is 6.42. The van der Waals surface area contributed by atoms with Crippen LogP contribution in [0.15, 0.2) is 54.9 Å². The molecule has 2 aromatic carbocycles. The number of likely N-dealkylation sites (tertiary alicyclic amines) is 1. The molecule has 0 spiro atoms. The fourth-order valence-electron chi connectivity index (χ4n) is 4.17. The summed E-state index contributed by atoms with van der Waals surface area (Å²) in [6.45, 7) is 6.20. The van der Waals surface area contributed by atoms with Gasteiger partial charge < -0.3 is 19.1 Å². The second-order valence-electron chi connectivity index (χ2n) is 8.88. The highest BCUT2D eigenvalue weighted by Crippen LogP contribution is 2.29. The summed E-state index contributed by atoms with van der Waals surface area (Å²) in [6, 6.07) is 13.4. The Morgan fingerprint density at radius 3 is 2.53 bits per heavy atom. The molecular formula is C26H31Cl2N3O3. The summed E-state index contributed by atoms with van der Waals surface area (Å²) in [5.41, 5.74) is 0.377. The number of benzene rings is 2. The van der Waals surface area contributed by atoms with Gasteiger partial charge >= 0.3 is 0 Å². The van der Waals surface area contributed by atoms with Crippen LogP contribution in [-0.4, -0.2) is 51.5 Å². The van der Waals surface area contributed by atoms with Crippen LogP contribution < -0.4 is 9.47 Å². The molecule has 8 heteroatoms. The molecule has 1 aliphatic rings. The van der Waals surface area contributed by atoms with E-state index in [-0.39, 0.29) is 6.61 Å². The van der Waals surface area contributed by atoms with Crippen LogP contribution >= 0.6 is 23.2 Å². The summed E-state index contributed by atoms with van der Waals surface area (Å²) in [6.07, 6.45) is 6.03. The monoisotopic (exact) mass is 503 g/mol. The molecule has 1 saturated heterocycles. The van der Waals surface area contributed by atoms with Crippen molar-refractivity contribution in [3.8, 4) is 11.5 Å². The number of ether oxygens (including phenoxy) is 2. The highest BCUT2D eigenvalue weighted by atomic mass is 35.5. The van der Waals surface area contributed by atoms with Crippen molar-refractivity contribution in [1.82, 2.24) is 14.5 Å². The van der Waals surface area contributed by atoms with Crippen LogP contribution in [-0.2, 0) is 13.1 Å². The summed E-state index contributed by atoms with van der Waals surface area (Å²) in [5.74, 6) is 2.47. The summed E-state index contributed by atoms with van der Waals surface area (Å²) >= 11 is 12.0. The molecule has 182 valence electrons. The topological polar surface area (TPSA) is 59.8 Å². The molecule has 2 heterocycles. The molecule has 1 atom stereocenters. The molecule has 1 fully saturated rings. The Hall–Kier alpha value is -2.25. The molecule has 0 aliphatic carbocycles. The standard InChI is InChI=1S/C26H31Cl2N3O3/c1-20-29-11-14-31(20)15-16-33-22-5-3-21(4-6-22)18-30-12-2-9-26(32,10-13-30)19-34-23-7-8-24(27)25(28)17-23/h3-8,11,14,17,32H,2,9-10,12-13,15-16,18-19H2,1H3/t26-/m1/s1. The van der Waals surface area contributed by atoms with Crippen molar-refractivity contribution < 1.29 is 14.6 Å². The number of hydrogen-bond donors (Lipinski definition) is 1. The van der Waals surface area contributed by atoms with Crippen LogP contribution in [0.5, 0.6) is 11.5 Å². The second-order valence-corrected chi connectivity index (χ2v) is 9.69. The van der Waals surface area contributed by atoms with Gasteiger partial charge in [0.05, 0.1) is 22.2 Å². The van der Waals surface area contributed by atoms with Crippen LogP contribution in [0.25, 0.3) is 0 Å². The summed E-state index contributed by atoms with van der Waals surface area (Å²) < 4.78 is 13.8. The van der Waals surface area contributed by atoms with E-state index in [1.54, 1.807) is 24.4 Å². The van der Waals surface area contributed by atoms with Crippen molar-refractivity contribution >= 4 is 23.2 Å². The zero-order chi connectivity index (χ0) is 24.0. The number of aromatic nitrogens is 2. The minimum Gasteiger partial charge on any atom is -0.492 e. The largest absolute Gasteiger partial charge is 0.492 e. The lowest BCUT2D eigenvalue weighted by molar-refractivity contribution is -0.0168. The number of aliphatic hydroxyl groups is 1. The number of nitrogens with zero attached hydrogens (tertiary/aromatic N) is 3. The molecule has 0 amide bonds. The lowest BCUT2D eigenvalue weighted by Crippen LogP contribution is -2.37. The molecule has 3 aromatic rings. The van der Waals surface area contributed by atoms with Crippen molar-refractivity contribution in [1.29, 1.82) is 0 Å². The third-order valence-electron chi connectivity index (χ3n) is 6.26. The third kappa shape index (κ3) is 6.89. The lowest BCUT2D eigenvalue weighted by atomic mass is 9.96. The van der Waals surface area contributed by atoms with E-state index in [0.29, 0.717) is 35.2 Å². The Morgan fingerprint density at radius 2 is 1.79 bits per heavy atom. The average molecular weight is 504 g/mol. The van der Waals surface area contributed by atoms with E-state index >= 15 is 0 Å². The van der Waals surface area contributed by atoms with Gasteiger partial charge in [0, 0.05) is 31.5 Å². The van der Waals surface area contributed by atoms with E-state index in [1.165, 1.54) is 5.56 Å². The second kappa shape index (κ2) is 11.5. The molecule has 0 radical (unpaired) electrons. The van der Waals surface area contributed by atoms with Gasteiger partial charge in [-0.2, -0.15) is 0 Å². The van der Waals surface area contributed by atoms with Gasteiger partial charge in [-0.15, -0.1) is 0 Å². The average Bonchev–Trinajstić information content (AvgIpc) is 3.14. The van der Waals surface area contributed by atoms with Crippen molar-refractivity contribution in [3.05, 3.63) is 76.3 Å². The number of aryl methyl sites for hydroxylation is 1. The fourth-order valence-corrected chi connectivity index (χ4v) is 4.46. The maximum atomic E-state index is 11.1. The van der Waals surface area contributed by atoms with Crippen LogP contribution in [0.4, 0.5) is 0 Å². The van der Waals surface area contributed by atoms with E-state index in [4.69, 9.17) is 32.7 Å². The normalized spacial score (nSPS) is 19.1. The van der Waals surface area contributed by atoms with Gasteiger partial charge in [-0.05, 0) is 62.6 Å². The smallest absolute Gasteiger partial charge is 0.121 e. The molecule has 1 aliphatic heterocycles. The van der Waals surface area contributed by atoms with Gasteiger partial charge in [-0.1, -0.05) is 35.3 Å². The van der Waals surface area contributed by atoms with Crippen LogP contribution in [0, 0.1) is 6.92 Å². The molecule has 1 N–H and O–H groups in total. The molecule has 0 saturated carbocycles. The molecule has 1 aromatic heterocycles. The Labute approximate surface area is 211 Å². The van der Waals surface area contributed by atoms with Crippen LogP contribution in [0.1, 0.15) is 30.7 Å². The van der Waals surface area contributed by atoms with Crippen molar-refractivity contribution in [2.75, 3.05) is 26.3 Å². The van der Waals surface area contributed by atoms with Crippen molar-refractivity contribution in [2.45, 2.75) is 44.9 Å². The van der Waals surface area contributed by atoms with Crippen LogP contribution in [0.2, 0.25) is 10.0 Å². The van der Waals surface area contributed by atoms with Crippen molar-refractivity contribution in [3.63, 3.8) is 0 Å². The first-order chi connectivity index (χ1) is 16.4. The first kappa shape index (κ1) is 24.9. The van der Waals surface area contributed by atoms with Gasteiger partial charge in [0.1, 0.15) is 30.5 Å². The van der Waals surface area contributed by atoms with E-state index in [0.717, 1.165) is 44.2 Å². The molecule has 4 rings (SSSR count). The number of hydrogen-bond acceptors (Lipinski definition) is 5. The lowest BCUT2D eigenvalue weighted by Gasteiger charge is -2.27. The summed E-state index contributed by atoms with van der Waals surface area (Å²) in [5, 5.41) is 12.0. The number of rotatable bonds is 9. The van der Waals surface area contributed by atoms with Gasteiger partial charge in [-0.3, -0.25) is 4.90 Å². The molecule has 0 bridgehead atoms. The molecule has 0 unspecified atom stereocenters. The summed E-state index contributed by atoms with van der Waals surface area (Å²) in [7, 11) is 0. The first-order valence-electron chi connectivity index (χ1n) is 11.6. The zero-order valence-electron chi connectivity index (χ0n) is 19.4. The predicted molar refractivity (Wildman–Crippen MR) is 135 cm³/mol. The van der Waals surface area contributed by atoms with Gasteiger partial charge in [-0.25, -0.2) is 4.98 Å². The minimum atomic E-state index is -0.855. The molecule has 6 nitrogen and oxygen atoms in total. The third-order valence-corrected chi connectivity index (χ3v) is 7.00.